The monoisotopic (exact) mass is 662 g/mol. The number of halogens is 1. The average molecular weight is 662 g/mol. The summed E-state index contributed by atoms with van der Waals surface area (Å²) in [6.45, 7) is 4.12. The summed E-state index contributed by atoms with van der Waals surface area (Å²) in [6.07, 6.45) is 1.29. The van der Waals surface area contributed by atoms with Gasteiger partial charge in [0.1, 0.15) is 16.2 Å². The second-order valence-corrected chi connectivity index (χ2v) is 11.0. The highest BCUT2D eigenvalue weighted by molar-refractivity contribution is 14.1. The number of imide groups is 2. The highest BCUT2D eigenvalue weighted by Gasteiger charge is 2.37. The molecule has 1 aliphatic heterocycles. The van der Waals surface area contributed by atoms with Crippen molar-refractivity contribution in [1.29, 1.82) is 0 Å². The number of barbiturate groups is 1. The van der Waals surface area contributed by atoms with Crippen LogP contribution in [0.4, 0.5) is 10.5 Å². The van der Waals surface area contributed by atoms with Crippen LogP contribution in [0.3, 0.4) is 0 Å². The second-order valence-electron chi connectivity index (χ2n) is 8.27. The topological polar surface area (TPSA) is 128 Å². The number of carbonyl (C=O) groups excluding carboxylic acids is 3. The average Bonchev–Trinajstić information content (AvgIpc) is 2.89. The van der Waals surface area contributed by atoms with Gasteiger partial charge in [-0.2, -0.15) is 8.42 Å². The molecule has 0 bridgehead atoms. The normalized spacial score (nSPS) is 14.8. The Kier molecular flexibility index (Phi) is 8.25. The molecule has 1 saturated heterocycles. The third-order valence-corrected chi connectivity index (χ3v) is 7.61. The number of methoxy groups -OCH3 is 1. The van der Waals surface area contributed by atoms with Gasteiger partial charge in [-0.1, -0.05) is 17.7 Å². The van der Waals surface area contributed by atoms with Gasteiger partial charge in [0.25, 0.3) is 11.8 Å². The van der Waals surface area contributed by atoms with E-state index in [1.165, 1.54) is 49.6 Å². The summed E-state index contributed by atoms with van der Waals surface area (Å²) in [5.74, 6) is -1.13. The van der Waals surface area contributed by atoms with Crippen LogP contribution in [0.1, 0.15) is 18.1 Å². The van der Waals surface area contributed by atoms with E-state index < -0.39 is 28.0 Å². The number of nitrogens with zero attached hydrogens (tertiary/aromatic N) is 1. The number of rotatable bonds is 8. The number of amides is 4. The van der Waals surface area contributed by atoms with E-state index in [4.69, 9.17) is 13.7 Å². The molecule has 3 aromatic rings. The lowest BCUT2D eigenvalue weighted by atomic mass is 10.1. The molecule has 0 aliphatic carbocycles. The molecule has 0 radical (unpaired) electrons. The number of anilines is 1. The Morgan fingerprint density at radius 3 is 2.28 bits per heavy atom. The number of benzene rings is 3. The molecule has 0 unspecified atom stereocenters. The van der Waals surface area contributed by atoms with E-state index in [1.54, 1.807) is 24.3 Å². The smallest absolute Gasteiger partial charge is 0.339 e. The van der Waals surface area contributed by atoms with Crippen molar-refractivity contribution in [3.8, 4) is 17.2 Å². The van der Waals surface area contributed by atoms with Gasteiger partial charge >= 0.3 is 16.1 Å². The SMILES string of the molecule is CCOc1ccc(N2C(=O)NC(=O)/C(=C\c3cc(I)c(OS(=O)(=O)c4ccc(C)cc4)c(OC)c3)C2=O)cc1. The first-order chi connectivity index (χ1) is 18.5. The molecule has 1 heterocycles. The van der Waals surface area contributed by atoms with Gasteiger partial charge in [0, 0.05) is 0 Å². The Morgan fingerprint density at radius 2 is 1.67 bits per heavy atom. The number of hydrogen-bond acceptors (Lipinski definition) is 8. The summed E-state index contributed by atoms with van der Waals surface area (Å²) in [7, 11) is -2.83. The van der Waals surface area contributed by atoms with Crippen molar-refractivity contribution in [2.75, 3.05) is 18.6 Å². The lowest BCUT2D eigenvalue weighted by Gasteiger charge is -2.26. The van der Waals surface area contributed by atoms with Gasteiger partial charge in [-0.15, -0.1) is 0 Å². The highest BCUT2D eigenvalue weighted by atomic mass is 127. The summed E-state index contributed by atoms with van der Waals surface area (Å²) in [6, 6.07) is 14.5. The Hall–Kier alpha value is -3.91. The predicted octanol–water partition coefficient (Wildman–Crippen LogP) is 4.44. The van der Waals surface area contributed by atoms with Crippen molar-refractivity contribution < 1.29 is 36.5 Å². The van der Waals surface area contributed by atoms with Gasteiger partial charge in [-0.25, -0.2) is 9.69 Å². The highest BCUT2D eigenvalue weighted by Crippen LogP contribution is 2.37. The second kappa shape index (κ2) is 11.5. The fourth-order valence-electron chi connectivity index (χ4n) is 3.68. The maximum Gasteiger partial charge on any atom is 0.339 e. The molecule has 10 nitrogen and oxygen atoms in total. The molecule has 1 N–H and O–H groups in total. The molecule has 4 rings (SSSR count). The zero-order valence-corrected chi connectivity index (χ0v) is 24.0. The predicted molar refractivity (Wildman–Crippen MR) is 151 cm³/mol. The molecule has 202 valence electrons. The Bertz CT molecular complexity index is 1580. The molecule has 4 amide bonds. The van der Waals surface area contributed by atoms with Crippen LogP contribution in [-0.4, -0.2) is 40.0 Å². The molecule has 0 aromatic heterocycles. The van der Waals surface area contributed by atoms with Crippen LogP contribution in [0.15, 0.2) is 71.1 Å². The van der Waals surface area contributed by atoms with Crippen LogP contribution in [-0.2, 0) is 19.7 Å². The number of nitrogens with one attached hydrogen (secondary N) is 1. The molecule has 0 atom stereocenters. The van der Waals surface area contributed by atoms with E-state index in [2.05, 4.69) is 5.32 Å². The number of urea groups is 1. The summed E-state index contributed by atoms with van der Waals surface area (Å²) >= 11 is 1.87. The third-order valence-electron chi connectivity index (χ3n) is 5.57. The number of hydrogen-bond donors (Lipinski definition) is 1. The molecule has 12 heteroatoms. The van der Waals surface area contributed by atoms with Crippen molar-refractivity contribution in [2.45, 2.75) is 18.7 Å². The minimum Gasteiger partial charge on any atom is -0.494 e. The zero-order chi connectivity index (χ0) is 28.3. The fraction of sp³-hybridized carbons (Fsp3) is 0.148. The van der Waals surface area contributed by atoms with Crippen LogP contribution in [0.2, 0.25) is 0 Å². The van der Waals surface area contributed by atoms with E-state index in [9.17, 15) is 22.8 Å². The van der Waals surface area contributed by atoms with Crippen LogP contribution < -0.4 is 23.9 Å². The van der Waals surface area contributed by atoms with E-state index in [0.29, 0.717) is 21.5 Å². The summed E-state index contributed by atoms with van der Waals surface area (Å²) in [4.78, 5) is 39.2. The van der Waals surface area contributed by atoms with Gasteiger partial charge in [-0.05, 0) is 96.6 Å². The molecule has 0 spiro atoms. The first kappa shape index (κ1) is 28.1. The number of ether oxygens (including phenoxy) is 2. The number of aryl methyl sites for hydroxylation is 1. The van der Waals surface area contributed by atoms with Crippen molar-refractivity contribution in [3.63, 3.8) is 0 Å². The lowest BCUT2D eigenvalue weighted by Crippen LogP contribution is -2.54. The molecular weight excluding hydrogens is 639 g/mol. The van der Waals surface area contributed by atoms with Crippen molar-refractivity contribution >= 4 is 62.3 Å². The quantitative estimate of drug-likeness (QED) is 0.162. The zero-order valence-electron chi connectivity index (χ0n) is 21.1. The van der Waals surface area contributed by atoms with E-state index in [-0.39, 0.29) is 27.7 Å². The first-order valence-corrected chi connectivity index (χ1v) is 14.1. The molecule has 1 fully saturated rings. The van der Waals surface area contributed by atoms with Crippen LogP contribution in [0.25, 0.3) is 6.08 Å². The molecule has 0 saturated carbocycles. The maximum absolute atomic E-state index is 13.2. The third kappa shape index (κ3) is 6.06. The Labute approximate surface area is 238 Å². The van der Waals surface area contributed by atoms with Crippen molar-refractivity contribution in [1.82, 2.24) is 5.32 Å². The summed E-state index contributed by atoms with van der Waals surface area (Å²) in [5.41, 5.74) is 1.18. The minimum atomic E-state index is -4.17. The minimum absolute atomic E-state index is 0.0272. The molecule has 3 aromatic carbocycles. The summed E-state index contributed by atoms with van der Waals surface area (Å²) < 4.78 is 42.2. The van der Waals surface area contributed by atoms with Crippen LogP contribution in [0.5, 0.6) is 17.2 Å². The standard InChI is InChI=1S/C27H23IN2O8S/c1-4-37-19-9-7-18(8-10-19)30-26(32)21(25(31)29-27(30)33)13-17-14-22(28)24(23(15-17)36-3)38-39(34,35)20-11-5-16(2)6-12-20/h5-15H,4H2,1-3H3,(H,29,31,33)/b21-13+. The molecule has 39 heavy (non-hydrogen) atoms. The van der Waals surface area contributed by atoms with Gasteiger partial charge < -0.3 is 13.7 Å². The molecular formula is C27H23IN2O8S. The Morgan fingerprint density at radius 1 is 1.00 bits per heavy atom. The van der Waals surface area contributed by atoms with E-state index >= 15 is 0 Å². The van der Waals surface area contributed by atoms with Gasteiger partial charge in [0.15, 0.2) is 11.5 Å². The van der Waals surface area contributed by atoms with E-state index in [0.717, 1.165) is 10.5 Å². The van der Waals surface area contributed by atoms with Crippen LogP contribution >= 0.6 is 22.6 Å². The molecule has 1 aliphatic rings. The van der Waals surface area contributed by atoms with Crippen molar-refractivity contribution in [3.05, 3.63) is 80.9 Å². The van der Waals surface area contributed by atoms with Crippen molar-refractivity contribution in [2.24, 2.45) is 0 Å². The van der Waals surface area contributed by atoms with Gasteiger partial charge in [0.2, 0.25) is 0 Å². The van der Waals surface area contributed by atoms with Gasteiger partial charge in [0.05, 0.1) is 23.0 Å². The first-order valence-electron chi connectivity index (χ1n) is 11.6. The maximum atomic E-state index is 13.2. The van der Waals surface area contributed by atoms with E-state index in [1.807, 2.05) is 36.4 Å². The Balaban J connectivity index is 1.67. The fourth-order valence-corrected chi connectivity index (χ4v) is 5.53. The number of carbonyl (C=O) groups is 3. The van der Waals surface area contributed by atoms with Gasteiger partial charge in [-0.3, -0.25) is 14.9 Å². The largest absolute Gasteiger partial charge is 0.494 e. The van der Waals surface area contributed by atoms with Crippen LogP contribution in [0, 0.1) is 10.5 Å². The lowest BCUT2D eigenvalue weighted by molar-refractivity contribution is -0.122. The summed E-state index contributed by atoms with van der Waals surface area (Å²) in [5, 5.41) is 2.17.